The van der Waals surface area contributed by atoms with Crippen molar-refractivity contribution in [3.8, 4) is 5.69 Å². The van der Waals surface area contributed by atoms with Gasteiger partial charge in [0.2, 0.25) is 0 Å². The standard InChI is InChI=1S/C21H22N6O2/c22-20-17-4-3-13(12-1-2-12)7-18(17)27(24-20)14-5-6-23-19(9-14)25-10-16-8-15(25)11-26(16)21(28)29/h3-7,9,12,15-16H,1-2,8,10-11H2,(H2,22,24)(H,28,29)/t15-,16-/m0/s1. The molecule has 0 radical (unpaired) electrons. The van der Waals surface area contributed by atoms with Gasteiger partial charge < -0.3 is 20.6 Å². The summed E-state index contributed by atoms with van der Waals surface area (Å²) in [5.74, 6) is 2.05. The Kier molecular flexibility index (Phi) is 3.36. The molecule has 2 bridgehead atoms. The molecule has 3 aromatic rings. The number of fused-ring (bicyclic) bond motifs is 3. The fraction of sp³-hybridized carbons (Fsp3) is 0.381. The quantitative estimate of drug-likeness (QED) is 0.713. The van der Waals surface area contributed by atoms with Crippen LogP contribution in [0.5, 0.6) is 0 Å². The Balaban J connectivity index is 1.37. The van der Waals surface area contributed by atoms with Crippen molar-refractivity contribution in [3.05, 3.63) is 42.1 Å². The van der Waals surface area contributed by atoms with Crippen molar-refractivity contribution in [2.75, 3.05) is 23.7 Å². The highest BCUT2D eigenvalue weighted by atomic mass is 16.4. The first-order valence-corrected chi connectivity index (χ1v) is 10.1. The van der Waals surface area contributed by atoms with Crippen LogP contribution in [-0.2, 0) is 0 Å². The van der Waals surface area contributed by atoms with E-state index in [0.29, 0.717) is 24.8 Å². The molecule has 0 unspecified atom stereocenters. The van der Waals surface area contributed by atoms with Gasteiger partial charge in [0, 0.05) is 30.7 Å². The van der Waals surface area contributed by atoms with Crippen molar-refractivity contribution in [2.45, 2.75) is 37.3 Å². The molecule has 1 aromatic carbocycles. The minimum absolute atomic E-state index is 0.0465. The molecule has 1 saturated carbocycles. The van der Waals surface area contributed by atoms with Gasteiger partial charge in [-0.3, -0.25) is 0 Å². The van der Waals surface area contributed by atoms with Crippen molar-refractivity contribution >= 4 is 28.6 Å². The van der Waals surface area contributed by atoms with Gasteiger partial charge in [0.15, 0.2) is 5.82 Å². The second-order valence-corrected chi connectivity index (χ2v) is 8.35. The summed E-state index contributed by atoms with van der Waals surface area (Å²) in [5.41, 5.74) is 9.47. The zero-order chi connectivity index (χ0) is 19.7. The molecule has 3 fully saturated rings. The average Bonchev–Trinajstić information content (AvgIpc) is 3.25. The number of piperazine rings is 1. The van der Waals surface area contributed by atoms with E-state index in [1.165, 1.54) is 18.4 Å². The summed E-state index contributed by atoms with van der Waals surface area (Å²) < 4.78 is 1.90. The monoisotopic (exact) mass is 390 g/mol. The van der Waals surface area contributed by atoms with E-state index in [4.69, 9.17) is 5.73 Å². The Morgan fingerprint density at radius 3 is 2.72 bits per heavy atom. The van der Waals surface area contributed by atoms with Crippen LogP contribution in [0.3, 0.4) is 0 Å². The Morgan fingerprint density at radius 2 is 2.00 bits per heavy atom. The summed E-state index contributed by atoms with van der Waals surface area (Å²) in [4.78, 5) is 19.7. The van der Waals surface area contributed by atoms with Crippen LogP contribution in [0.1, 0.15) is 30.7 Å². The van der Waals surface area contributed by atoms with Crippen LogP contribution in [0.25, 0.3) is 16.6 Å². The number of benzene rings is 1. The molecule has 2 aromatic heterocycles. The van der Waals surface area contributed by atoms with E-state index in [2.05, 4.69) is 33.2 Å². The fourth-order valence-corrected chi connectivity index (χ4v) is 4.90. The number of amides is 1. The van der Waals surface area contributed by atoms with E-state index in [9.17, 15) is 9.90 Å². The Hall–Kier alpha value is -3.29. The van der Waals surface area contributed by atoms with Crippen LogP contribution in [-0.4, -0.2) is 56.0 Å². The van der Waals surface area contributed by atoms with Gasteiger partial charge in [-0.1, -0.05) is 6.07 Å². The molecule has 29 heavy (non-hydrogen) atoms. The first-order chi connectivity index (χ1) is 14.1. The minimum atomic E-state index is -0.830. The third-order valence-corrected chi connectivity index (χ3v) is 6.54. The molecule has 8 nitrogen and oxygen atoms in total. The third-order valence-electron chi connectivity index (χ3n) is 6.54. The van der Waals surface area contributed by atoms with Gasteiger partial charge in [-0.15, -0.1) is 5.10 Å². The molecule has 8 heteroatoms. The lowest BCUT2D eigenvalue weighted by atomic mass is 10.1. The second-order valence-electron chi connectivity index (χ2n) is 8.35. The largest absolute Gasteiger partial charge is 0.465 e. The molecule has 3 aliphatic rings. The van der Waals surface area contributed by atoms with Crippen LogP contribution < -0.4 is 10.6 Å². The number of rotatable bonds is 3. The molecule has 1 aliphatic carbocycles. The van der Waals surface area contributed by atoms with Crippen molar-refractivity contribution in [3.63, 3.8) is 0 Å². The number of nitrogens with zero attached hydrogens (tertiary/aromatic N) is 5. The molecule has 2 saturated heterocycles. The lowest BCUT2D eigenvalue weighted by Gasteiger charge is -2.33. The number of hydrogen-bond donors (Lipinski definition) is 2. The zero-order valence-electron chi connectivity index (χ0n) is 15.9. The number of hydrogen-bond acceptors (Lipinski definition) is 5. The number of carbonyl (C=O) groups is 1. The summed E-state index contributed by atoms with van der Waals surface area (Å²) in [7, 11) is 0. The van der Waals surface area contributed by atoms with Crippen molar-refractivity contribution < 1.29 is 9.90 Å². The van der Waals surface area contributed by atoms with Crippen LogP contribution >= 0.6 is 0 Å². The number of nitrogens with two attached hydrogens (primary N) is 1. The maximum Gasteiger partial charge on any atom is 0.407 e. The van der Waals surface area contributed by atoms with Crippen molar-refractivity contribution in [2.24, 2.45) is 0 Å². The molecule has 4 heterocycles. The summed E-state index contributed by atoms with van der Waals surface area (Å²) in [6.45, 7) is 1.22. The molecular formula is C21H22N6O2. The summed E-state index contributed by atoms with van der Waals surface area (Å²) in [6, 6.07) is 10.6. The third kappa shape index (κ3) is 2.55. The minimum Gasteiger partial charge on any atom is -0.465 e. The predicted molar refractivity (Wildman–Crippen MR) is 110 cm³/mol. The molecule has 6 rings (SSSR count). The predicted octanol–water partition coefficient (Wildman–Crippen LogP) is 2.82. The zero-order valence-corrected chi connectivity index (χ0v) is 15.9. The highest BCUT2D eigenvalue weighted by Crippen LogP contribution is 2.41. The number of anilines is 2. The van der Waals surface area contributed by atoms with Gasteiger partial charge in [-0.05, 0) is 48.9 Å². The Labute approximate surface area is 167 Å². The summed E-state index contributed by atoms with van der Waals surface area (Å²) in [6.07, 6.45) is 4.32. The molecule has 2 atom stereocenters. The van der Waals surface area contributed by atoms with Gasteiger partial charge >= 0.3 is 6.09 Å². The topological polar surface area (TPSA) is 101 Å². The molecular weight excluding hydrogens is 368 g/mol. The number of likely N-dealkylation sites (tertiary alicyclic amines) is 1. The second kappa shape index (κ2) is 5.85. The van der Waals surface area contributed by atoms with E-state index in [1.807, 2.05) is 16.8 Å². The first kappa shape index (κ1) is 16.6. The lowest BCUT2D eigenvalue weighted by molar-refractivity contribution is 0.137. The maximum atomic E-state index is 11.3. The van der Waals surface area contributed by atoms with E-state index >= 15 is 0 Å². The van der Waals surface area contributed by atoms with Crippen LogP contribution in [0.4, 0.5) is 16.4 Å². The summed E-state index contributed by atoms with van der Waals surface area (Å²) in [5, 5.41) is 14.9. The van der Waals surface area contributed by atoms with Gasteiger partial charge in [-0.25, -0.2) is 14.5 Å². The van der Waals surface area contributed by atoms with Crippen LogP contribution in [0.15, 0.2) is 36.5 Å². The first-order valence-electron chi connectivity index (χ1n) is 10.1. The lowest BCUT2D eigenvalue weighted by Crippen LogP contribution is -2.48. The number of nitrogen functional groups attached to an aromatic ring is 1. The molecule has 3 N–H and O–H groups in total. The van der Waals surface area contributed by atoms with Gasteiger partial charge in [-0.2, -0.15) is 0 Å². The number of aromatic nitrogens is 3. The molecule has 1 amide bonds. The van der Waals surface area contributed by atoms with Gasteiger partial charge in [0.25, 0.3) is 0 Å². The molecule has 2 aliphatic heterocycles. The van der Waals surface area contributed by atoms with E-state index in [-0.39, 0.29) is 12.1 Å². The van der Waals surface area contributed by atoms with Crippen LogP contribution in [0.2, 0.25) is 0 Å². The fourth-order valence-electron chi connectivity index (χ4n) is 4.90. The van der Waals surface area contributed by atoms with Gasteiger partial charge in [0.05, 0.1) is 23.3 Å². The van der Waals surface area contributed by atoms with E-state index < -0.39 is 6.09 Å². The SMILES string of the molecule is Nc1nn(-c2ccnc(N3C[C@@H]4C[C@H]3CN4C(=O)O)c2)c2cc(C3CC3)ccc12. The smallest absolute Gasteiger partial charge is 0.407 e. The number of carboxylic acid groups (broad SMARTS) is 1. The number of pyridine rings is 1. The van der Waals surface area contributed by atoms with Crippen molar-refractivity contribution in [1.29, 1.82) is 0 Å². The highest BCUT2D eigenvalue weighted by molar-refractivity contribution is 5.91. The van der Waals surface area contributed by atoms with E-state index in [1.54, 1.807) is 11.1 Å². The van der Waals surface area contributed by atoms with Crippen LogP contribution in [0, 0.1) is 0 Å². The Morgan fingerprint density at radius 1 is 1.14 bits per heavy atom. The average molecular weight is 390 g/mol. The Bertz CT molecular complexity index is 1140. The van der Waals surface area contributed by atoms with Crippen molar-refractivity contribution in [1.82, 2.24) is 19.7 Å². The van der Waals surface area contributed by atoms with E-state index in [0.717, 1.165) is 28.8 Å². The van der Waals surface area contributed by atoms with Gasteiger partial charge in [0.1, 0.15) is 5.82 Å². The molecule has 0 spiro atoms. The molecule has 148 valence electrons. The normalized spacial score (nSPS) is 23.3. The maximum absolute atomic E-state index is 11.3. The summed E-state index contributed by atoms with van der Waals surface area (Å²) >= 11 is 0. The highest BCUT2D eigenvalue weighted by Gasteiger charge is 2.45.